The Labute approximate surface area is 167 Å². The van der Waals surface area contributed by atoms with E-state index < -0.39 is 0 Å². The molecule has 0 unspecified atom stereocenters. The van der Waals surface area contributed by atoms with Crippen LogP contribution in [-0.4, -0.2) is 56.2 Å². The zero-order valence-electron chi connectivity index (χ0n) is 17.7. The fraction of sp³-hybridized carbons (Fsp3) is 0.619. The van der Waals surface area contributed by atoms with Crippen molar-refractivity contribution >= 4 is 5.91 Å². The number of carbonyl (C=O) groups is 1. The van der Waals surface area contributed by atoms with Crippen LogP contribution >= 0.6 is 0 Å². The van der Waals surface area contributed by atoms with E-state index in [0.717, 1.165) is 67.2 Å². The third kappa shape index (κ3) is 4.41. The van der Waals surface area contributed by atoms with Crippen LogP contribution in [0.1, 0.15) is 54.5 Å². The summed E-state index contributed by atoms with van der Waals surface area (Å²) >= 11 is 0. The van der Waals surface area contributed by atoms with Gasteiger partial charge in [0.05, 0.1) is 12.1 Å². The molecule has 1 amide bonds. The van der Waals surface area contributed by atoms with Crippen molar-refractivity contribution in [2.24, 2.45) is 0 Å². The third-order valence-corrected chi connectivity index (χ3v) is 5.46. The van der Waals surface area contributed by atoms with Crippen molar-refractivity contribution < 1.29 is 4.79 Å². The minimum atomic E-state index is 0.195. The highest BCUT2D eigenvalue weighted by Crippen LogP contribution is 2.20. The molecule has 1 aliphatic rings. The molecule has 3 rings (SSSR count). The first kappa shape index (κ1) is 20.5. The van der Waals surface area contributed by atoms with Gasteiger partial charge in [-0.2, -0.15) is 5.10 Å². The molecule has 1 N–H and O–H groups in total. The number of aromatic nitrogens is 4. The summed E-state index contributed by atoms with van der Waals surface area (Å²) in [5.74, 6) is 0.765. The highest BCUT2D eigenvalue weighted by atomic mass is 16.2. The topological polar surface area (TPSA) is 75.9 Å². The van der Waals surface area contributed by atoms with Gasteiger partial charge in [0.15, 0.2) is 0 Å². The first-order chi connectivity index (χ1) is 13.4. The summed E-state index contributed by atoms with van der Waals surface area (Å²) in [5.41, 5.74) is 4.62. The van der Waals surface area contributed by atoms with Crippen LogP contribution in [0, 0.1) is 27.7 Å². The SMILES string of the molecule is CCCN(C(=O)Cc1c(C)nn(-c2nc(C)cc(C)n2)c1C)C1CCNCC1. The Morgan fingerprint density at radius 3 is 2.43 bits per heavy atom. The van der Waals surface area contributed by atoms with Gasteiger partial charge < -0.3 is 10.2 Å². The van der Waals surface area contributed by atoms with E-state index in [2.05, 4.69) is 32.2 Å². The minimum Gasteiger partial charge on any atom is -0.339 e. The van der Waals surface area contributed by atoms with Gasteiger partial charge in [0.2, 0.25) is 5.91 Å². The summed E-state index contributed by atoms with van der Waals surface area (Å²) in [6, 6.07) is 2.29. The van der Waals surface area contributed by atoms with E-state index in [9.17, 15) is 4.79 Å². The van der Waals surface area contributed by atoms with Crippen LogP contribution in [0.25, 0.3) is 5.95 Å². The molecule has 0 bridgehead atoms. The Morgan fingerprint density at radius 1 is 1.18 bits per heavy atom. The fourth-order valence-electron chi connectivity index (χ4n) is 4.05. The maximum atomic E-state index is 13.2. The van der Waals surface area contributed by atoms with E-state index in [4.69, 9.17) is 0 Å². The molecule has 0 spiro atoms. The van der Waals surface area contributed by atoms with Gasteiger partial charge in [-0.15, -0.1) is 0 Å². The second-order valence-corrected chi connectivity index (χ2v) is 7.76. The molecule has 2 aromatic rings. The van der Waals surface area contributed by atoms with Crippen LogP contribution in [0.15, 0.2) is 6.07 Å². The predicted molar refractivity (Wildman–Crippen MR) is 110 cm³/mol. The highest BCUT2D eigenvalue weighted by Gasteiger charge is 2.26. The molecule has 28 heavy (non-hydrogen) atoms. The van der Waals surface area contributed by atoms with Crippen LogP contribution in [0.4, 0.5) is 0 Å². The van der Waals surface area contributed by atoms with Gasteiger partial charge in [-0.25, -0.2) is 14.6 Å². The maximum Gasteiger partial charge on any atom is 0.251 e. The Bertz CT molecular complexity index is 817. The summed E-state index contributed by atoms with van der Waals surface area (Å²) in [5, 5.41) is 8.03. The van der Waals surface area contributed by atoms with Crippen molar-refractivity contribution in [1.82, 2.24) is 30.0 Å². The van der Waals surface area contributed by atoms with Crippen LogP contribution in [0.3, 0.4) is 0 Å². The van der Waals surface area contributed by atoms with Gasteiger partial charge in [0, 0.05) is 35.2 Å². The van der Waals surface area contributed by atoms with E-state index >= 15 is 0 Å². The lowest BCUT2D eigenvalue weighted by Gasteiger charge is -2.34. The molecule has 1 aliphatic heterocycles. The number of hydrogen-bond donors (Lipinski definition) is 1. The van der Waals surface area contributed by atoms with Crippen LogP contribution < -0.4 is 5.32 Å². The number of amides is 1. The number of piperidine rings is 1. The summed E-state index contributed by atoms with van der Waals surface area (Å²) < 4.78 is 1.77. The number of rotatable bonds is 6. The minimum absolute atomic E-state index is 0.195. The molecule has 0 aliphatic carbocycles. The smallest absolute Gasteiger partial charge is 0.251 e. The zero-order valence-corrected chi connectivity index (χ0v) is 17.7. The van der Waals surface area contributed by atoms with E-state index in [-0.39, 0.29) is 5.91 Å². The first-order valence-corrected chi connectivity index (χ1v) is 10.3. The molecule has 0 saturated carbocycles. The largest absolute Gasteiger partial charge is 0.339 e. The second kappa shape index (κ2) is 8.82. The molecule has 7 heteroatoms. The summed E-state index contributed by atoms with van der Waals surface area (Å²) in [6.45, 7) is 12.8. The summed E-state index contributed by atoms with van der Waals surface area (Å²) in [7, 11) is 0. The molecule has 0 atom stereocenters. The maximum absolute atomic E-state index is 13.2. The second-order valence-electron chi connectivity index (χ2n) is 7.76. The molecular formula is C21H32N6O. The van der Waals surface area contributed by atoms with Crippen molar-refractivity contribution in [2.45, 2.75) is 66.3 Å². The summed E-state index contributed by atoms with van der Waals surface area (Å²) in [6.07, 6.45) is 3.41. The van der Waals surface area contributed by atoms with Gasteiger partial charge in [0.1, 0.15) is 0 Å². The Hall–Kier alpha value is -2.28. The van der Waals surface area contributed by atoms with Crippen molar-refractivity contribution in [3.63, 3.8) is 0 Å². The average molecular weight is 385 g/mol. The standard InChI is InChI=1S/C21H32N6O/c1-6-11-26(18-7-9-22-10-8-18)20(28)13-19-16(4)25-27(17(19)5)21-23-14(2)12-15(3)24-21/h12,18,22H,6-11,13H2,1-5H3. The lowest BCUT2D eigenvalue weighted by Crippen LogP contribution is -2.47. The predicted octanol–water partition coefficient (Wildman–Crippen LogP) is 2.43. The van der Waals surface area contributed by atoms with E-state index in [1.54, 1.807) is 4.68 Å². The molecule has 0 aromatic carbocycles. The fourth-order valence-corrected chi connectivity index (χ4v) is 4.05. The van der Waals surface area contributed by atoms with E-state index in [1.807, 2.05) is 33.8 Å². The van der Waals surface area contributed by atoms with E-state index in [1.165, 1.54) is 0 Å². The number of aryl methyl sites for hydroxylation is 3. The Balaban J connectivity index is 1.85. The van der Waals surface area contributed by atoms with E-state index in [0.29, 0.717) is 18.4 Å². The molecule has 2 aromatic heterocycles. The summed E-state index contributed by atoms with van der Waals surface area (Å²) in [4.78, 5) is 24.3. The molecule has 0 radical (unpaired) electrons. The number of carbonyl (C=O) groups excluding carboxylic acids is 1. The van der Waals surface area contributed by atoms with Crippen LogP contribution in [0.2, 0.25) is 0 Å². The van der Waals surface area contributed by atoms with Crippen LogP contribution in [0.5, 0.6) is 0 Å². The zero-order chi connectivity index (χ0) is 20.3. The van der Waals surface area contributed by atoms with Gasteiger partial charge in [-0.3, -0.25) is 4.79 Å². The van der Waals surface area contributed by atoms with Crippen molar-refractivity contribution in [3.05, 3.63) is 34.4 Å². The lowest BCUT2D eigenvalue weighted by atomic mass is 10.0. The number of nitrogens with zero attached hydrogens (tertiary/aromatic N) is 5. The number of hydrogen-bond acceptors (Lipinski definition) is 5. The highest BCUT2D eigenvalue weighted by molar-refractivity contribution is 5.79. The quantitative estimate of drug-likeness (QED) is 0.828. The molecular weight excluding hydrogens is 352 g/mol. The molecule has 3 heterocycles. The van der Waals surface area contributed by atoms with Gasteiger partial charge in [-0.1, -0.05) is 6.92 Å². The molecule has 152 valence electrons. The normalized spacial score (nSPS) is 15.0. The van der Waals surface area contributed by atoms with Crippen molar-refractivity contribution in [1.29, 1.82) is 0 Å². The van der Waals surface area contributed by atoms with Gasteiger partial charge in [-0.05, 0) is 66.1 Å². The van der Waals surface area contributed by atoms with Gasteiger partial charge in [0.25, 0.3) is 5.95 Å². The number of nitrogens with one attached hydrogen (secondary N) is 1. The molecule has 1 fully saturated rings. The molecule has 1 saturated heterocycles. The Morgan fingerprint density at radius 2 is 1.82 bits per heavy atom. The monoisotopic (exact) mass is 384 g/mol. The van der Waals surface area contributed by atoms with Crippen molar-refractivity contribution in [3.8, 4) is 5.95 Å². The van der Waals surface area contributed by atoms with Crippen LogP contribution in [-0.2, 0) is 11.2 Å². The lowest BCUT2D eigenvalue weighted by molar-refractivity contribution is -0.133. The van der Waals surface area contributed by atoms with Crippen molar-refractivity contribution in [2.75, 3.05) is 19.6 Å². The Kier molecular flexibility index (Phi) is 6.44. The molecule has 7 nitrogen and oxygen atoms in total. The van der Waals surface area contributed by atoms with Gasteiger partial charge >= 0.3 is 0 Å². The average Bonchev–Trinajstić information content (AvgIpc) is 2.94. The third-order valence-electron chi connectivity index (χ3n) is 5.46. The first-order valence-electron chi connectivity index (χ1n) is 10.3.